The van der Waals surface area contributed by atoms with Crippen molar-refractivity contribution in [2.45, 2.75) is 30.7 Å². The molecule has 0 N–H and O–H groups in total. The number of fused-ring (bicyclic) bond motifs is 4. The van der Waals surface area contributed by atoms with Crippen LogP contribution < -0.4 is 0 Å². The first-order valence-corrected chi connectivity index (χ1v) is 7.64. The SMILES string of the molecule is Br.CN1CCC2(c3ccccc3)CC1Cc1ccccc12. The van der Waals surface area contributed by atoms with Crippen LogP contribution in [0.3, 0.4) is 0 Å². The summed E-state index contributed by atoms with van der Waals surface area (Å²) in [4.78, 5) is 2.55. The highest BCUT2D eigenvalue weighted by molar-refractivity contribution is 8.93. The fraction of sp³-hybridized carbons (Fsp3) is 0.368. The van der Waals surface area contributed by atoms with Gasteiger partial charge in [-0.2, -0.15) is 0 Å². The Kier molecular flexibility index (Phi) is 3.94. The Bertz CT molecular complexity index is 624. The van der Waals surface area contributed by atoms with Gasteiger partial charge in [0.1, 0.15) is 0 Å². The molecule has 1 aliphatic carbocycles. The highest BCUT2D eigenvalue weighted by Crippen LogP contribution is 2.48. The zero-order chi connectivity index (χ0) is 13.6. The first-order chi connectivity index (χ1) is 9.79. The van der Waals surface area contributed by atoms with Gasteiger partial charge in [0.15, 0.2) is 0 Å². The van der Waals surface area contributed by atoms with E-state index in [1.807, 2.05) is 0 Å². The van der Waals surface area contributed by atoms with Crippen LogP contribution in [0, 0.1) is 0 Å². The lowest BCUT2D eigenvalue weighted by Gasteiger charge is -2.50. The summed E-state index contributed by atoms with van der Waals surface area (Å²) < 4.78 is 0. The molecule has 0 spiro atoms. The van der Waals surface area contributed by atoms with E-state index in [0.29, 0.717) is 6.04 Å². The molecule has 110 valence electrons. The third-order valence-corrected chi connectivity index (χ3v) is 5.41. The maximum Gasteiger partial charge on any atom is 0.0232 e. The van der Waals surface area contributed by atoms with Gasteiger partial charge in [0.05, 0.1) is 0 Å². The van der Waals surface area contributed by atoms with E-state index < -0.39 is 0 Å². The van der Waals surface area contributed by atoms with E-state index in [9.17, 15) is 0 Å². The van der Waals surface area contributed by atoms with E-state index >= 15 is 0 Å². The maximum atomic E-state index is 2.55. The van der Waals surface area contributed by atoms with Crippen LogP contribution in [0.4, 0.5) is 0 Å². The molecule has 2 bridgehead atoms. The van der Waals surface area contributed by atoms with Gasteiger partial charge in [0.25, 0.3) is 0 Å². The van der Waals surface area contributed by atoms with Crippen LogP contribution in [0.25, 0.3) is 0 Å². The molecule has 21 heavy (non-hydrogen) atoms. The molecule has 2 heteroatoms. The fourth-order valence-electron chi connectivity index (χ4n) is 4.28. The van der Waals surface area contributed by atoms with Gasteiger partial charge in [-0.05, 0) is 49.5 Å². The van der Waals surface area contributed by atoms with Crippen molar-refractivity contribution < 1.29 is 0 Å². The van der Waals surface area contributed by atoms with E-state index in [-0.39, 0.29) is 22.4 Å². The summed E-state index contributed by atoms with van der Waals surface area (Å²) in [6.07, 6.45) is 3.72. The van der Waals surface area contributed by atoms with Gasteiger partial charge in [-0.25, -0.2) is 0 Å². The number of rotatable bonds is 1. The Balaban J connectivity index is 0.00000132. The number of hydrogen-bond acceptors (Lipinski definition) is 1. The fourth-order valence-corrected chi connectivity index (χ4v) is 4.28. The van der Waals surface area contributed by atoms with E-state index in [1.54, 1.807) is 11.1 Å². The third kappa shape index (κ3) is 2.25. The minimum Gasteiger partial charge on any atom is -0.303 e. The van der Waals surface area contributed by atoms with Crippen LogP contribution in [0.2, 0.25) is 0 Å². The maximum absolute atomic E-state index is 2.55. The van der Waals surface area contributed by atoms with E-state index in [1.165, 1.54) is 31.4 Å². The molecule has 1 aliphatic heterocycles. The largest absolute Gasteiger partial charge is 0.303 e. The van der Waals surface area contributed by atoms with Gasteiger partial charge in [-0.1, -0.05) is 54.6 Å². The van der Waals surface area contributed by atoms with E-state index in [4.69, 9.17) is 0 Å². The number of likely N-dealkylation sites (N-methyl/N-ethyl adjacent to an activating group) is 1. The summed E-state index contributed by atoms with van der Waals surface area (Å²) in [6.45, 7) is 1.20. The Morgan fingerprint density at radius 2 is 1.71 bits per heavy atom. The molecule has 2 aromatic carbocycles. The van der Waals surface area contributed by atoms with Crippen LogP contribution >= 0.6 is 17.0 Å². The molecular weight excluding hydrogens is 322 g/mol. The van der Waals surface area contributed by atoms with Crippen LogP contribution in [-0.2, 0) is 11.8 Å². The predicted molar refractivity (Wildman–Crippen MR) is 93.3 cm³/mol. The van der Waals surface area contributed by atoms with Gasteiger partial charge in [-0.15, -0.1) is 17.0 Å². The molecule has 1 saturated heterocycles. The average Bonchev–Trinajstić information content (AvgIpc) is 2.52. The van der Waals surface area contributed by atoms with Crippen molar-refractivity contribution in [3.8, 4) is 0 Å². The van der Waals surface area contributed by atoms with E-state index in [2.05, 4.69) is 66.5 Å². The van der Waals surface area contributed by atoms with E-state index in [0.717, 1.165) is 0 Å². The smallest absolute Gasteiger partial charge is 0.0232 e. The highest BCUT2D eigenvalue weighted by Gasteiger charge is 2.45. The lowest BCUT2D eigenvalue weighted by molar-refractivity contribution is 0.123. The molecular formula is C19H22BrN. The van der Waals surface area contributed by atoms with Gasteiger partial charge in [0, 0.05) is 11.5 Å². The van der Waals surface area contributed by atoms with Crippen molar-refractivity contribution in [3.05, 3.63) is 71.3 Å². The van der Waals surface area contributed by atoms with Crippen LogP contribution in [0.1, 0.15) is 29.5 Å². The number of halogens is 1. The monoisotopic (exact) mass is 343 g/mol. The highest BCUT2D eigenvalue weighted by atomic mass is 79.9. The molecule has 2 aromatic rings. The number of piperidine rings is 1. The van der Waals surface area contributed by atoms with Gasteiger partial charge >= 0.3 is 0 Å². The van der Waals surface area contributed by atoms with Crippen molar-refractivity contribution in [1.29, 1.82) is 0 Å². The molecule has 2 unspecified atom stereocenters. The molecule has 2 aliphatic rings. The number of likely N-dealkylation sites (tertiary alicyclic amines) is 1. The van der Waals surface area contributed by atoms with Crippen LogP contribution in [-0.4, -0.2) is 24.5 Å². The predicted octanol–water partition coefficient (Wildman–Crippen LogP) is 4.20. The van der Waals surface area contributed by atoms with Crippen LogP contribution in [0.15, 0.2) is 54.6 Å². The molecule has 4 rings (SSSR count). The van der Waals surface area contributed by atoms with Crippen molar-refractivity contribution in [2.75, 3.05) is 13.6 Å². The Labute approximate surface area is 137 Å². The number of hydrogen-bond donors (Lipinski definition) is 0. The summed E-state index contributed by atoms with van der Waals surface area (Å²) in [7, 11) is 2.29. The molecule has 0 amide bonds. The minimum atomic E-state index is 0. The first-order valence-electron chi connectivity index (χ1n) is 7.64. The molecule has 0 aromatic heterocycles. The van der Waals surface area contributed by atoms with Gasteiger partial charge in [0.2, 0.25) is 0 Å². The molecule has 1 fully saturated rings. The lowest BCUT2D eigenvalue weighted by Crippen LogP contribution is -2.52. The molecule has 2 atom stereocenters. The van der Waals surface area contributed by atoms with Gasteiger partial charge in [-0.3, -0.25) is 0 Å². The summed E-state index contributed by atoms with van der Waals surface area (Å²) in [5.41, 5.74) is 4.88. The lowest BCUT2D eigenvalue weighted by atomic mass is 9.61. The summed E-state index contributed by atoms with van der Waals surface area (Å²) in [5, 5.41) is 0. The quantitative estimate of drug-likeness (QED) is 0.749. The minimum absolute atomic E-state index is 0. The Morgan fingerprint density at radius 1 is 1.00 bits per heavy atom. The van der Waals surface area contributed by atoms with Crippen molar-refractivity contribution in [3.63, 3.8) is 0 Å². The normalized spacial score (nSPS) is 27.6. The zero-order valence-corrected chi connectivity index (χ0v) is 14.2. The molecule has 1 heterocycles. The standard InChI is InChI=1S/C19H21N.BrH/c1-20-12-11-19(16-8-3-2-4-9-16)14-17(20)13-15-7-5-6-10-18(15)19;/h2-10,17H,11-14H2,1H3;1H. The topological polar surface area (TPSA) is 3.24 Å². The summed E-state index contributed by atoms with van der Waals surface area (Å²) >= 11 is 0. The number of nitrogens with zero attached hydrogens (tertiary/aromatic N) is 1. The summed E-state index contributed by atoms with van der Waals surface area (Å²) in [6, 6.07) is 20.9. The Hall–Kier alpha value is -1.12. The molecule has 0 radical (unpaired) electrons. The third-order valence-electron chi connectivity index (χ3n) is 5.41. The first kappa shape index (κ1) is 14.8. The van der Waals surface area contributed by atoms with Crippen molar-refractivity contribution in [1.82, 2.24) is 4.90 Å². The second-order valence-corrected chi connectivity index (χ2v) is 6.40. The Morgan fingerprint density at radius 3 is 2.52 bits per heavy atom. The second kappa shape index (κ2) is 5.58. The average molecular weight is 344 g/mol. The molecule has 1 nitrogen and oxygen atoms in total. The zero-order valence-electron chi connectivity index (χ0n) is 12.5. The summed E-state index contributed by atoms with van der Waals surface area (Å²) in [5.74, 6) is 0. The second-order valence-electron chi connectivity index (χ2n) is 6.40. The van der Waals surface area contributed by atoms with Gasteiger partial charge < -0.3 is 4.90 Å². The van der Waals surface area contributed by atoms with Crippen molar-refractivity contribution in [2.24, 2.45) is 0 Å². The van der Waals surface area contributed by atoms with Crippen LogP contribution in [0.5, 0.6) is 0 Å². The van der Waals surface area contributed by atoms with Crippen molar-refractivity contribution >= 4 is 17.0 Å². The molecule has 0 saturated carbocycles. The number of benzene rings is 2.